The lowest BCUT2D eigenvalue weighted by molar-refractivity contribution is -0.137. The van der Waals surface area contributed by atoms with Crippen molar-refractivity contribution in [2.75, 3.05) is 16.8 Å². The summed E-state index contributed by atoms with van der Waals surface area (Å²) in [4.78, 5) is 52.2. The van der Waals surface area contributed by atoms with E-state index in [0.717, 1.165) is 24.1 Å². The topological polar surface area (TPSA) is 92.8 Å². The number of nitrogens with zero attached hydrogens (tertiary/aromatic N) is 1. The molecule has 3 aromatic carbocycles. The maximum Gasteiger partial charge on any atom is 0.416 e. The summed E-state index contributed by atoms with van der Waals surface area (Å²) in [5.41, 5.74) is 0.263. The quantitative estimate of drug-likeness (QED) is 0.274. The molecule has 0 spiro atoms. The highest BCUT2D eigenvalue weighted by Gasteiger charge is 2.50. The van der Waals surface area contributed by atoms with Gasteiger partial charge in [0.1, 0.15) is 0 Å². The fraction of sp³-hybridized carbons (Fsp3) is 0.267. The fourth-order valence-corrected chi connectivity index (χ4v) is 5.57. The average Bonchev–Trinajstić information content (AvgIpc) is 3.21. The highest BCUT2D eigenvalue weighted by Crippen LogP contribution is 2.45. The minimum Gasteiger partial charge on any atom is -0.452 e. The number of anilines is 2. The number of imide groups is 1. The van der Waals surface area contributed by atoms with E-state index < -0.39 is 36.1 Å². The molecule has 7 nitrogen and oxygen atoms in total. The van der Waals surface area contributed by atoms with Crippen molar-refractivity contribution >= 4 is 46.7 Å². The van der Waals surface area contributed by atoms with E-state index in [0.29, 0.717) is 24.6 Å². The third kappa shape index (κ3) is 5.97. The van der Waals surface area contributed by atoms with Gasteiger partial charge in [0.2, 0.25) is 11.8 Å². The van der Waals surface area contributed by atoms with Crippen LogP contribution in [-0.2, 0) is 25.3 Å². The molecule has 3 aromatic rings. The van der Waals surface area contributed by atoms with Gasteiger partial charge in [-0.25, -0.2) is 4.79 Å². The van der Waals surface area contributed by atoms with Gasteiger partial charge in [-0.1, -0.05) is 41.9 Å². The van der Waals surface area contributed by atoms with Gasteiger partial charge >= 0.3 is 12.1 Å². The number of benzene rings is 3. The Kier molecular flexibility index (Phi) is 7.86. The van der Waals surface area contributed by atoms with Crippen molar-refractivity contribution in [3.8, 4) is 0 Å². The second-order valence-electron chi connectivity index (χ2n) is 10.0. The molecule has 0 aromatic heterocycles. The largest absolute Gasteiger partial charge is 0.452 e. The molecule has 2 aliphatic rings. The zero-order chi connectivity index (χ0) is 29.3. The summed E-state index contributed by atoms with van der Waals surface area (Å²) in [6.07, 6.45) is -2.61. The number of rotatable bonds is 6. The molecule has 5 rings (SSSR count). The number of carbonyl (C=O) groups is 4. The van der Waals surface area contributed by atoms with Crippen molar-refractivity contribution < 1.29 is 37.1 Å². The summed E-state index contributed by atoms with van der Waals surface area (Å²) in [7, 11) is 0. The van der Waals surface area contributed by atoms with Gasteiger partial charge in [-0.05, 0) is 73.2 Å². The number of carbonyl (C=O) groups excluding carboxylic acids is 4. The second kappa shape index (κ2) is 11.4. The first-order valence-corrected chi connectivity index (χ1v) is 13.3. The van der Waals surface area contributed by atoms with Crippen LogP contribution in [0.5, 0.6) is 0 Å². The van der Waals surface area contributed by atoms with Gasteiger partial charge in [-0.3, -0.25) is 19.3 Å². The Balaban J connectivity index is 1.19. The summed E-state index contributed by atoms with van der Waals surface area (Å²) >= 11 is 5.87. The first kappa shape index (κ1) is 28.4. The smallest absolute Gasteiger partial charge is 0.416 e. The van der Waals surface area contributed by atoms with Crippen LogP contribution in [-0.4, -0.2) is 30.3 Å². The van der Waals surface area contributed by atoms with Crippen molar-refractivity contribution in [1.82, 2.24) is 0 Å². The van der Waals surface area contributed by atoms with Crippen molar-refractivity contribution in [1.29, 1.82) is 0 Å². The van der Waals surface area contributed by atoms with Crippen LogP contribution in [0.1, 0.15) is 46.7 Å². The van der Waals surface area contributed by atoms with Gasteiger partial charge in [0.05, 0.1) is 39.4 Å². The predicted molar refractivity (Wildman–Crippen MR) is 144 cm³/mol. The molecule has 0 radical (unpaired) electrons. The number of halogens is 4. The zero-order valence-corrected chi connectivity index (χ0v) is 22.2. The maximum atomic E-state index is 13.3. The van der Waals surface area contributed by atoms with Crippen molar-refractivity contribution in [3.05, 3.63) is 94.5 Å². The first-order valence-electron chi connectivity index (χ1n) is 12.9. The molecule has 1 saturated heterocycles. The zero-order valence-electron chi connectivity index (χ0n) is 21.5. The molecular formula is C30H24ClF3N2O5. The summed E-state index contributed by atoms with van der Waals surface area (Å²) in [5, 5.41) is 2.08. The van der Waals surface area contributed by atoms with Crippen LogP contribution in [0.4, 0.5) is 24.5 Å². The van der Waals surface area contributed by atoms with E-state index in [1.54, 1.807) is 0 Å². The number of amides is 3. The standard InChI is InChI=1S/C30H24ClF3N2O5/c31-24-13-9-20(30(32,33)34)15-25(24)35-26(37)16-41-29(40)18-6-10-21(11-7-18)36-27(38)22-12-8-19(14-23(22)28(36)39)17-4-2-1-3-5-17/h1-7,9-11,13,15,19,22-23H,8,12,14,16H2,(H,35,37)/t19-,22-,23-/m1/s1. The maximum absolute atomic E-state index is 13.3. The number of hydrogen-bond acceptors (Lipinski definition) is 5. The Bertz CT molecular complexity index is 1490. The van der Waals surface area contributed by atoms with Gasteiger partial charge < -0.3 is 10.1 Å². The van der Waals surface area contributed by atoms with Gasteiger partial charge in [-0.15, -0.1) is 0 Å². The summed E-state index contributed by atoms with van der Waals surface area (Å²) in [5.74, 6) is -2.87. The van der Waals surface area contributed by atoms with Gasteiger partial charge in [0.25, 0.3) is 5.91 Å². The molecule has 1 aliphatic heterocycles. The van der Waals surface area contributed by atoms with Crippen molar-refractivity contribution in [2.24, 2.45) is 11.8 Å². The molecule has 1 saturated carbocycles. The fourth-order valence-electron chi connectivity index (χ4n) is 5.41. The Labute approximate surface area is 238 Å². The molecule has 3 atom stereocenters. The number of alkyl halides is 3. The SMILES string of the molecule is O=C(COC(=O)c1ccc(N2C(=O)[C@@H]3CC[C@@H](c4ccccc4)C[C@H]3C2=O)cc1)Nc1cc(C(F)(F)F)ccc1Cl. The van der Waals surface area contributed by atoms with Crippen LogP contribution < -0.4 is 10.2 Å². The summed E-state index contributed by atoms with van der Waals surface area (Å²) in [6.45, 7) is -0.776. The second-order valence-corrected chi connectivity index (χ2v) is 10.4. The Morgan fingerprint density at radius 3 is 2.29 bits per heavy atom. The van der Waals surface area contributed by atoms with Crippen LogP contribution >= 0.6 is 11.6 Å². The van der Waals surface area contributed by atoms with Crippen molar-refractivity contribution in [3.63, 3.8) is 0 Å². The van der Waals surface area contributed by atoms with E-state index >= 15 is 0 Å². The molecular weight excluding hydrogens is 561 g/mol. The number of fused-ring (bicyclic) bond motifs is 1. The van der Waals surface area contributed by atoms with Crippen molar-refractivity contribution in [2.45, 2.75) is 31.4 Å². The molecule has 1 aliphatic carbocycles. The highest BCUT2D eigenvalue weighted by molar-refractivity contribution is 6.33. The molecule has 0 bridgehead atoms. The van der Waals surface area contributed by atoms with E-state index in [-0.39, 0.29) is 39.9 Å². The Morgan fingerprint density at radius 2 is 1.61 bits per heavy atom. The third-order valence-electron chi connectivity index (χ3n) is 7.46. The lowest BCUT2D eigenvalue weighted by Crippen LogP contribution is -2.30. The van der Waals surface area contributed by atoms with E-state index in [2.05, 4.69) is 5.32 Å². The van der Waals surface area contributed by atoms with E-state index in [4.69, 9.17) is 16.3 Å². The molecule has 1 heterocycles. The Hall–Kier alpha value is -4.18. The van der Waals surface area contributed by atoms with E-state index in [9.17, 15) is 32.3 Å². The molecule has 212 valence electrons. The molecule has 11 heteroatoms. The highest BCUT2D eigenvalue weighted by atomic mass is 35.5. The minimum atomic E-state index is -4.63. The summed E-state index contributed by atoms with van der Waals surface area (Å²) in [6, 6.07) is 18.0. The first-order chi connectivity index (χ1) is 19.5. The molecule has 3 amide bonds. The monoisotopic (exact) mass is 584 g/mol. The van der Waals surface area contributed by atoms with Gasteiger partial charge in [-0.2, -0.15) is 13.2 Å². The number of hydrogen-bond donors (Lipinski definition) is 1. The van der Waals surface area contributed by atoms with Crippen LogP contribution in [0, 0.1) is 11.8 Å². The van der Waals surface area contributed by atoms with Crippen LogP contribution in [0.15, 0.2) is 72.8 Å². The molecule has 2 fully saturated rings. The lowest BCUT2D eigenvalue weighted by atomic mass is 9.73. The molecule has 1 N–H and O–H groups in total. The van der Waals surface area contributed by atoms with Gasteiger partial charge in [0.15, 0.2) is 6.61 Å². The van der Waals surface area contributed by atoms with Crippen LogP contribution in [0.3, 0.4) is 0 Å². The average molecular weight is 585 g/mol. The Morgan fingerprint density at radius 1 is 0.927 bits per heavy atom. The normalized spacial score (nSPS) is 20.5. The third-order valence-corrected chi connectivity index (χ3v) is 7.79. The van der Waals surface area contributed by atoms with E-state index in [1.807, 2.05) is 30.3 Å². The van der Waals surface area contributed by atoms with Crippen LogP contribution in [0.2, 0.25) is 5.02 Å². The predicted octanol–water partition coefficient (Wildman–Crippen LogP) is 6.23. The number of esters is 1. The molecule has 0 unspecified atom stereocenters. The minimum absolute atomic E-state index is 0.0549. The number of nitrogens with one attached hydrogen (secondary N) is 1. The number of ether oxygens (including phenoxy) is 1. The van der Waals surface area contributed by atoms with Gasteiger partial charge in [0, 0.05) is 0 Å². The molecule has 41 heavy (non-hydrogen) atoms. The van der Waals surface area contributed by atoms with Crippen LogP contribution in [0.25, 0.3) is 0 Å². The summed E-state index contributed by atoms with van der Waals surface area (Å²) < 4.78 is 43.8. The lowest BCUT2D eigenvalue weighted by Gasteiger charge is -2.28. The van der Waals surface area contributed by atoms with E-state index in [1.165, 1.54) is 29.2 Å².